The quantitative estimate of drug-likeness (QED) is 0.791. The second-order valence-corrected chi connectivity index (χ2v) is 4.75. The van der Waals surface area contributed by atoms with Crippen LogP contribution in [0.1, 0.15) is 18.5 Å². The van der Waals surface area contributed by atoms with E-state index < -0.39 is 0 Å². The minimum absolute atomic E-state index is 0.0835. The zero-order chi connectivity index (χ0) is 15.1. The average molecular weight is 289 g/mol. The number of nitrogens with one attached hydrogen (secondary N) is 1. The summed E-state index contributed by atoms with van der Waals surface area (Å²) in [5.74, 6) is 1.40. The number of methoxy groups -OCH3 is 1. The molecular formula is C17H20FNO2. The van der Waals surface area contributed by atoms with Crippen LogP contribution in [0.15, 0.2) is 48.5 Å². The number of hydrogen-bond donors (Lipinski definition) is 1. The Labute approximate surface area is 124 Å². The highest BCUT2D eigenvalue weighted by Gasteiger charge is 2.05. The molecule has 3 nitrogen and oxygen atoms in total. The fraction of sp³-hybridized carbons (Fsp3) is 0.294. The third-order valence-corrected chi connectivity index (χ3v) is 3.23. The minimum atomic E-state index is -0.212. The first-order valence-electron chi connectivity index (χ1n) is 6.95. The van der Waals surface area contributed by atoms with Gasteiger partial charge < -0.3 is 14.8 Å². The van der Waals surface area contributed by atoms with Crippen LogP contribution in [0.25, 0.3) is 0 Å². The Morgan fingerprint density at radius 2 is 1.81 bits per heavy atom. The molecule has 1 N–H and O–H groups in total. The molecule has 0 radical (unpaired) electrons. The van der Waals surface area contributed by atoms with Crippen LogP contribution in [0.4, 0.5) is 4.39 Å². The number of hydrogen-bond acceptors (Lipinski definition) is 3. The van der Waals surface area contributed by atoms with Crippen molar-refractivity contribution in [3.63, 3.8) is 0 Å². The maximum Gasteiger partial charge on any atom is 0.123 e. The molecule has 2 rings (SSSR count). The molecule has 1 unspecified atom stereocenters. The monoisotopic (exact) mass is 289 g/mol. The molecule has 0 fully saturated rings. The summed E-state index contributed by atoms with van der Waals surface area (Å²) in [4.78, 5) is 0. The Hall–Kier alpha value is -2.07. The van der Waals surface area contributed by atoms with Crippen LogP contribution in [0, 0.1) is 5.82 Å². The maximum absolute atomic E-state index is 13.1. The largest absolute Gasteiger partial charge is 0.497 e. The molecular weight excluding hydrogens is 269 g/mol. The highest BCUT2D eigenvalue weighted by atomic mass is 19.1. The van der Waals surface area contributed by atoms with E-state index in [4.69, 9.17) is 9.47 Å². The minimum Gasteiger partial charge on any atom is -0.497 e. The van der Waals surface area contributed by atoms with Gasteiger partial charge in [-0.25, -0.2) is 4.39 Å². The van der Waals surface area contributed by atoms with Crippen molar-refractivity contribution in [3.05, 3.63) is 59.9 Å². The van der Waals surface area contributed by atoms with Crippen LogP contribution in [0.2, 0.25) is 0 Å². The molecule has 0 aliphatic heterocycles. The Bertz CT molecular complexity index is 557. The Morgan fingerprint density at radius 3 is 2.48 bits per heavy atom. The third kappa shape index (κ3) is 4.76. The van der Waals surface area contributed by atoms with E-state index in [1.807, 2.05) is 37.3 Å². The predicted octanol–water partition coefficient (Wildman–Crippen LogP) is 3.56. The lowest BCUT2D eigenvalue weighted by Crippen LogP contribution is -2.24. The van der Waals surface area contributed by atoms with Gasteiger partial charge in [-0.2, -0.15) is 0 Å². The van der Waals surface area contributed by atoms with Gasteiger partial charge in [0.1, 0.15) is 23.9 Å². The molecule has 0 saturated heterocycles. The molecule has 4 heteroatoms. The average Bonchev–Trinajstić information content (AvgIpc) is 2.52. The van der Waals surface area contributed by atoms with Crippen molar-refractivity contribution in [2.24, 2.45) is 0 Å². The normalized spacial score (nSPS) is 12.0. The van der Waals surface area contributed by atoms with Gasteiger partial charge in [-0.05, 0) is 48.9 Å². The van der Waals surface area contributed by atoms with Gasteiger partial charge in [0.15, 0.2) is 0 Å². The summed E-state index contributed by atoms with van der Waals surface area (Å²) in [6.07, 6.45) is 0. The van der Waals surface area contributed by atoms with E-state index in [9.17, 15) is 4.39 Å². The van der Waals surface area contributed by atoms with Crippen LogP contribution in [-0.2, 0) is 0 Å². The molecule has 2 aromatic rings. The van der Waals surface area contributed by atoms with Crippen molar-refractivity contribution < 1.29 is 13.9 Å². The van der Waals surface area contributed by atoms with Crippen LogP contribution >= 0.6 is 0 Å². The molecule has 0 aliphatic rings. The second-order valence-electron chi connectivity index (χ2n) is 4.75. The molecule has 1 atom stereocenters. The van der Waals surface area contributed by atoms with Crippen molar-refractivity contribution in [1.82, 2.24) is 5.32 Å². The third-order valence-electron chi connectivity index (χ3n) is 3.23. The van der Waals surface area contributed by atoms with Crippen LogP contribution in [0.3, 0.4) is 0 Å². The van der Waals surface area contributed by atoms with Crippen molar-refractivity contribution in [3.8, 4) is 11.5 Å². The number of ether oxygens (including phenoxy) is 2. The van der Waals surface area contributed by atoms with E-state index >= 15 is 0 Å². The first-order valence-corrected chi connectivity index (χ1v) is 6.95. The Morgan fingerprint density at radius 1 is 1.10 bits per heavy atom. The lowest BCUT2D eigenvalue weighted by atomic mass is 10.1. The fourth-order valence-electron chi connectivity index (χ4n) is 2.01. The molecule has 0 heterocycles. The number of halogens is 1. The SMILES string of the molecule is COc1ccc(OCCNC(C)c2cccc(F)c2)cc1. The van der Waals surface area contributed by atoms with E-state index in [1.165, 1.54) is 6.07 Å². The van der Waals surface area contributed by atoms with E-state index in [0.29, 0.717) is 13.2 Å². The van der Waals surface area contributed by atoms with Gasteiger partial charge in [0.25, 0.3) is 0 Å². The second kappa shape index (κ2) is 7.64. The summed E-state index contributed by atoms with van der Waals surface area (Å²) in [6, 6.07) is 14.2. The molecule has 0 saturated carbocycles. The number of benzene rings is 2. The van der Waals surface area contributed by atoms with Crippen LogP contribution in [0.5, 0.6) is 11.5 Å². The van der Waals surface area contributed by atoms with Crippen molar-refractivity contribution >= 4 is 0 Å². The van der Waals surface area contributed by atoms with Gasteiger partial charge in [0.2, 0.25) is 0 Å². The maximum atomic E-state index is 13.1. The summed E-state index contributed by atoms with van der Waals surface area (Å²) in [6.45, 7) is 3.23. The lowest BCUT2D eigenvalue weighted by Gasteiger charge is -2.15. The molecule has 112 valence electrons. The van der Waals surface area contributed by atoms with Gasteiger partial charge in [-0.3, -0.25) is 0 Å². The lowest BCUT2D eigenvalue weighted by molar-refractivity contribution is 0.307. The van der Waals surface area contributed by atoms with Crippen LogP contribution < -0.4 is 14.8 Å². The van der Waals surface area contributed by atoms with E-state index in [-0.39, 0.29) is 11.9 Å². The highest BCUT2D eigenvalue weighted by molar-refractivity contribution is 5.31. The molecule has 0 aliphatic carbocycles. The topological polar surface area (TPSA) is 30.5 Å². The van der Waals surface area contributed by atoms with Crippen molar-refractivity contribution in [2.45, 2.75) is 13.0 Å². The van der Waals surface area contributed by atoms with E-state index in [1.54, 1.807) is 19.2 Å². The molecule has 0 spiro atoms. The van der Waals surface area contributed by atoms with Crippen molar-refractivity contribution in [1.29, 1.82) is 0 Å². The Balaban J connectivity index is 1.73. The van der Waals surface area contributed by atoms with Gasteiger partial charge >= 0.3 is 0 Å². The van der Waals surface area contributed by atoms with Crippen molar-refractivity contribution in [2.75, 3.05) is 20.3 Å². The summed E-state index contributed by atoms with van der Waals surface area (Å²) < 4.78 is 23.8. The smallest absolute Gasteiger partial charge is 0.123 e. The summed E-state index contributed by atoms with van der Waals surface area (Å²) in [7, 11) is 1.63. The van der Waals surface area contributed by atoms with Gasteiger partial charge in [0.05, 0.1) is 7.11 Å². The van der Waals surface area contributed by atoms with E-state index in [0.717, 1.165) is 17.1 Å². The van der Waals surface area contributed by atoms with Gasteiger partial charge in [-0.15, -0.1) is 0 Å². The summed E-state index contributed by atoms with van der Waals surface area (Å²) in [5.41, 5.74) is 0.930. The molecule has 21 heavy (non-hydrogen) atoms. The van der Waals surface area contributed by atoms with E-state index in [2.05, 4.69) is 5.32 Å². The molecule has 0 aromatic heterocycles. The van der Waals surface area contributed by atoms with Crippen LogP contribution in [-0.4, -0.2) is 20.3 Å². The zero-order valence-electron chi connectivity index (χ0n) is 12.3. The predicted molar refractivity (Wildman–Crippen MR) is 81.3 cm³/mol. The molecule has 0 bridgehead atoms. The first-order chi connectivity index (χ1) is 10.2. The summed E-state index contributed by atoms with van der Waals surface area (Å²) in [5, 5.41) is 3.30. The molecule has 2 aromatic carbocycles. The van der Waals surface area contributed by atoms with Gasteiger partial charge in [-0.1, -0.05) is 12.1 Å². The molecule has 0 amide bonds. The van der Waals surface area contributed by atoms with Gasteiger partial charge in [0, 0.05) is 12.6 Å². The fourth-order valence-corrected chi connectivity index (χ4v) is 2.01. The zero-order valence-corrected chi connectivity index (χ0v) is 12.3. The standard InChI is InChI=1S/C17H20FNO2/c1-13(14-4-3-5-15(18)12-14)19-10-11-21-17-8-6-16(20-2)7-9-17/h3-9,12-13,19H,10-11H2,1-2H3. The Kier molecular flexibility index (Phi) is 5.58. The first kappa shape index (κ1) is 15.3. The highest BCUT2D eigenvalue weighted by Crippen LogP contribution is 2.17. The number of rotatable bonds is 7. The summed E-state index contributed by atoms with van der Waals surface area (Å²) >= 11 is 0.